The Bertz CT molecular complexity index is 706. The fraction of sp³-hybridized carbons (Fsp3) is 0.353. The van der Waals surface area contributed by atoms with E-state index < -0.39 is 5.54 Å². The van der Waals surface area contributed by atoms with Crippen molar-refractivity contribution >= 4 is 17.5 Å². The molecular formula is C17H18ClN3O2. The van der Waals surface area contributed by atoms with Crippen molar-refractivity contribution in [3.05, 3.63) is 59.1 Å². The lowest BCUT2D eigenvalue weighted by Crippen LogP contribution is -2.56. The average molecular weight is 332 g/mol. The normalized spacial score (nSPS) is 20.3. The first kappa shape index (κ1) is 15.9. The van der Waals surface area contributed by atoms with Crippen molar-refractivity contribution < 1.29 is 9.53 Å². The fourth-order valence-electron chi connectivity index (χ4n) is 2.67. The van der Waals surface area contributed by atoms with Gasteiger partial charge in [-0.05, 0) is 19.4 Å². The first-order valence-corrected chi connectivity index (χ1v) is 7.81. The number of carbonyl (C=O) groups is 1. The van der Waals surface area contributed by atoms with Crippen LogP contribution in [-0.2, 0) is 4.74 Å². The summed E-state index contributed by atoms with van der Waals surface area (Å²) in [5.74, 6) is -0.202. The molecule has 1 aromatic heterocycles. The van der Waals surface area contributed by atoms with Crippen LogP contribution in [0.15, 0.2) is 42.9 Å². The summed E-state index contributed by atoms with van der Waals surface area (Å²) in [5, 5.41) is 0.260. The molecule has 120 valence electrons. The standard InChI is InChI=1S/C17H18ClN3O2/c1-17(2)10-23-14(12-6-4-3-5-7-12)9-21(17)16(22)15-13(18)8-19-11-20-15/h3-8,11,14H,9-10H2,1-2H3/t14-/m0/s1. The molecule has 0 bridgehead atoms. The summed E-state index contributed by atoms with van der Waals surface area (Å²) in [6.07, 6.45) is 2.61. The van der Waals surface area contributed by atoms with E-state index in [1.54, 1.807) is 4.90 Å². The van der Waals surface area contributed by atoms with Gasteiger partial charge in [0.05, 0.1) is 23.7 Å². The zero-order valence-electron chi connectivity index (χ0n) is 13.1. The van der Waals surface area contributed by atoms with Crippen molar-refractivity contribution in [3.63, 3.8) is 0 Å². The second-order valence-electron chi connectivity index (χ2n) is 6.16. The van der Waals surface area contributed by atoms with Crippen molar-refractivity contribution in [2.24, 2.45) is 0 Å². The van der Waals surface area contributed by atoms with E-state index in [1.165, 1.54) is 12.5 Å². The molecule has 1 fully saturated rings. The second kappa shape index (κ2) is 6.26. The van der Waals surface area contributed by atoms with Crippen LogP contribution in [0.25, 0.3) is 0 Å². The molecule has 1 atom stereocenters. The summed E-state index contributed by atoms with van der Waals surface area (Å²) < 4.78 is 5.97. The zero-order chi connectivity index (χ0) is 16.4. The van der Waals surface area contributed by atoms with Gasteiger partial charge in [0.25, 0.3) is 5.91 Å². The number of hydrogen-bond acceptors (Lipinski definition) is 4. The fourth-order valence-corrected chi connectivity index (χ4v) is 2.86. The number of ether oxygens (including phenoxy) is 1. The number of halogens is 1. The number of morpholine rings is 1. The smallest absolute Gasteiger partial charge is 0.274 e. The Labute approximate surface area is 140 Å². The van der Waals surface area contributed by atoms with Gasteiger partial charge in [-0.3, -0.25) is 4.79 Å². The first-order chi connectivity index (χ1) is 11.0. The molecule has 0 radical (unpaired) electrons. The Morgan fingerprint density at radius 1 is 1.35 bits per heavy atom. The van der Waals surface area contributed by atoms with Crippen molar-refractivity contribution in [3.8, 4) is 0 Å². The van der Waals surface area contributed by atoms with Crippen LogP contribution >= 0.6 is 11.6 Å². The van der Waals surface area contributed by atoms with Crippen LogP contribution in [0.3, 0.4) is 0 Å². The third-order valence-corrected chi connectivity index (χ3v) is 4.28. The van der Waals surface area contributed by atoms with E-state index in [0.717, 1.165) is 5.56 Å². The molecule has 2 heterocycles. The molecule has 5 nitrogen and oxygen atoms in total. The highest BCUT2D eigenvalue weighted by molar-refractivity contribution is 6.33. The Hall–Kier alpha value is -1.98. The molecule has 2 aromatic rings. The summed E-state index contributed by atoms with van der Waals surface area (Å²) in [6, 6.07) is 9.89. The summed E-state index contributed by atoms with van der Waals surface area (Å²) >= 11 is 6.08. The predicted molar refractivity (Wildman–Crippen MR) is 87.3 cm³/mol. The van der Waals surface area contributed by atoms with E-state index in [-0.39, 0.29) is 22.7 Å². The van der Waals surface area contributed by atoms with Crippen LogP contribution in [0.4, 0.5) is 0 Å². The maximum Gasteiger partial charge on any atom is 0.274 e. The molecule has 0 N–H and O–H groups in total. The molecule has 1 aromatic carbocycles. The molecule has 0 spiro atoms. The van der Waals surface area contributed by atoms with E-state index in [1.807, 2.05) is 44.2 Å². The van der Waals surface area contributed by atoms with Crippen molar-refractivity contribution in [2.45, 2.75) is 25.5 Å². The molecule has 1 aliphatic rings. The number of benzene rings is 1. The lowest BCUT2D eigenvalue weighted by Gasteiger charge is -2.45. The lowest BCUT2D eigenvalue weighted by atomic mass is 9.97. The van der Waals surface area contributed by atoms with Crippen LogP contribution in [-0.4, -0.2) is 39.5 Å². The number of amides is 1. The summed E-state index contributed by atoms with van der Waals surface area (Å²) in [5.41, 5.74) is 0.842. The van der Waals surface area contributed by atoms with E-state index in [9.17, 15) is 4.79 Å². The number of rotatable bonds is 2. The van der Waals surface area contributed by atoms with Crippen molar-refractivity contribution in [1.82, 2.24) is 14.9 Å². The molecule has 0 saturated carbocycles. The molecule has 3 rings (SSSR count). The minimum Gasteiger partial charge on any atom is -0.369 e. The highest BCUT2D eigenvalue weighted by Crippen LogP contribution is 2.31. The average Bonchev–Trinajstić information content (AvgIpc) is 2.55. The van der Waals surface area contributed by atoms with E-state index in [0.29, 0.717) is 13.2 Å². The van der Waals surface area contributed by atoms with Crippen LogP contribution in [0.2, 0.25) is 5.02 Å². The minimum atomic E-state index is -0.434. The topological polar surface area (TPSA) is 55.3 Å². The van der Waals surface area contributed by atoms with E-state index >= 15 is 0 Å². The monoisotopic (exact) mass is 331 g/mol. The molecular weight excluding hydrogens is 314 g/mol. The first-order valence-electron chi connectivity index (χ1n) is 7.43. The number of nitrogens with zero attached hydrogens (tertiary/aromatic N) is 3. The third-order valence-electron chi connectivity index (χ3n) is 4.00. The van der Waals surface area contributed by atoms with Gasteiger partial charge in [0, 0.05) is 6.20 Å². The highest BCUT2D eigenvalue weighted by Gasteiger charge is 2.39. The van der Waals surface area contributed by atoms with E-state index in [2.05, 4.69) is 9.97 Å². The number of hydrogen-bond donors (Lipinski definition) is 0. The largest absolute Gasteiger partial charge is 0.369 e. The molecule has 1 saturated heterocycles. The summed E-state index contributed by atoms with van der Waals surface area (Å²) in [7, 11) is 0. The Morgan fingerprint density at radius 3 is 2.78 bits per heavy atom. The van der Waals surface area contributed by atoms with Gasteiger partial charge in [0.1, 0.15) is 18.1 Å². The predicted octanol–water partition coefficient (Wildman–Crippen LogP) is 3.12. The van der Waals surface area contributed by atoms with Crippen molar-refractivity contribution in [2.75, 3.05) is 13.2 Å². The quantitative estimate of drug-likeness (QED) is 0.848. The maximum absolute atomic E-state index is 12.9. The Balaban J connectivity index is 1.89. The zero-order valence-corrected chi connectivity index (χ0v) is 13.8. The van der Waals surface area contributed by atoms with Crippen LogP contribution in [0, 0.1) is 0 Å². The summed E-state index contributed by atoms with van der Waals surface area (Å²) in [6.45, 7) is 4.85. The van der Waals surface area contributed by atoms with Gasteiger partial charge >= 0.3 is 0 Å². The van der Waals surface area contributed by atoms with Gasteiger partial charge in [0.2, 0.25) is 0 Å². The molecule has 0 unspecified atom stereocenters. The number of aromatic nitrogens is 2. The molecule has 6 heteroatoms. The van der Waals surface area contributed by atoms with Gasteiger partial charge in [-0.15, -0.1) is 0 Å². The van der Waals surface area contributed by atoms with Crippen LogP contribution < -0.4 is 0 Å². The van der Waals surface area contributed by atoms with Gasteiger partial charge < -0.3 is 9.64 Å². The molecule has 0 aliphatic carbocycles. The third kappa shape index (κ3) is 3.21. The molecule has 1 aliphatic heterocycles. The highest BCUT2D eigenvalue weighted by atomic mass is 35.5. The lowest BCUT2D eigenvalue weighted by molar-refractivity contribution is -0.0848. The number of carbonyl (C=O) groups excluding carboxylic acids is 1. The SMILES string of the molecule is CC1(C)CO[C@H](c2ccccc2)CN1C(=O)c1ncncc1Cl. The maximum atomic E-state index is 12.9. The van der Waals surface area contributed by atoms with E-state index in [4.69, 9.17) is 16.3 Å². The van der Waals surface area contributed by atoms with Crippen LogP contribution in [0.1, 0.15) is 36.0 Å². The van der Waals surface area contributed by atoms with Gasteiger partial charge in [-0.2, -0.15) is 0 Å². The summed E-state index contributed by atoms with van der Waals surface area (Å²) in [4.78, 5) is 22.6. The van der Waals surface area contributed by atoms with Crippen LogP contribution in [0.5, 0.6) is 0 Å². The van der Waals surface area contributed by atoms with Gasteiger partial charge in [0.15, 0.2) is 0 Å². The minimum absolute atomic E-state index is 0.159. The second-order valence-corrected chi connectivity index (χ2v) is 6.57. The van der Waals surface area contributed by atoms with Gasteiger partial charge in [-0.25, -0.2) is 9.97 Å². The molecule has 1 amide bonds. The Morgan fingerprint density at radius 2 is 2.09 bits per heavy atom. The van der Waals surface area contributed by atoms with Crippen molar-refractivity contribution in [1.29, 1.82) is 0 Å². The molecule has 23 heavy (non-hydrogen) atoms. The van der Waals surface area contributed by atoms with Gasteiger partial charge in [-0.1, -0.05) is 41.9 Å². The Kier molecular flexibility index (Phi) is 4.33.